The van der Waals surface area contributed by atoms with Crippen molar-refractivity contribution in [2.45, 2.75) is 41.5 Å². The first-order chi connectivity index (χ1) is 11.2. The van der Waals surface area contributed by atoms with E-state index >= 15 is 0 Å². The molecule has 3 rings (SSSR count). The van der Waals surface area contributed by atoms with E-state index < -0.39 is 10.5 Å². The molecular weight excluding hydrogens is 306 g/mol. The molecule has 0 fully saturated rings. The van der Waals surface area contributed by atoms with Crippen molar-refractivity contribution in [1.82, 2.24) is 0 Å². The number of rotatable bonds is 1. The average molecular weight is 325 g/mol. The summed E-state index contributed by atoms with van der Waals surface area (Å²) >= 11 is 0. The number of fused-ring (bicyclic) bond motifs is 3. The molecule has 24 heavy (non-hydrogen) atoms. The Morgan fingerprint density at radius 2 is 1.38 bits per heavy atom. The van der Waals surface area contributed by atoms with Crippen LogP contribution in [0.15, 0.2) is 15.3 Å². The number of hydrogen-bond acceptors (Lipinski definition) is 4. The van der Waals surface area contributed by atoms with Crippen LogP contribution >= 0.6 is 0 Å². The van der Waals surface area contributed by atoms with Crippen molar-refractivity contribution in [2.75, 3.05) is 0 Å². The molecule has 0 radical (unpaired) electrons. The van der Waals surface area contributed by atoms with E-state index in [0.29, 0.717) is 11.1 Å². The van der Waals surface area contributed by atoms with Gasteiger partial charge in [-0.3, -0.25) is 10.1 Å². The third kappa shape index (κ3) is 1.97. The fourth-order valence-corrected chi connectivity index (χ4v) is 3.43. The van der Waals surface area contributed by atoms with Gasteiger partial charge < -0.3 is 4.42 Å². The molecule has 0 spiro atoms. The zero-order chi connectivity index (χ0) is 17.9. The fourth-order valence-electron chi connectivity index (χ4n) is 3.43. The molecule has 0 amide bonds. The van der Waals surface area contributed by atoms with E-state index in [0.717, 1.165) is 38.6 Å². The van der Waals surface area contributed by atoms with Crippen LogP contribution in [-0.4, -0.2) is 4.92 Å². The summed E-state index contributed by atoms with van der Waals surface area (Å²) in [5.74, 6) is 0. The predicted molar refractivity (Wildman–Crippen MR) is 95.1 cm³/mol. The molecule has 0 aliphatic heterocycles. The summed E-state index contributed by atoms with van der Waals surface area (Å²) in [5.41, 5.74) is 5.53. The Balaban J connectivity index is 2.74. The molecule has 0 unspecified atom stereocenters. The first-order valence-corrected chi connectivity index (χ1v) is 7.78. The molecule has 0 saturated heterocycles. The quantitative estimate of drug-likeness (QED) is 0.281. The maximum atomic E-state index is 12.5. The lowest BCUT2D eigenvalue weighted by atomic mass is 9.90. The molecule has 0 saturated carbocycles. The molecular formula is C19H19NO4. The molecule has 0 atom stereocenters. The van der Waals surface area contributed by atoms with Gasteiger partial charge in [-0.05, 0) is 69.4 Å². The second kappa shape index (κ2) is 5.16. The summed E-state index contributed by atoms with van der Waals surface area (Å²) in [6, 6.07) is 1.34. The lowest BCUT2D eigenvalue weighted by Crippen LogP contribution is -2.07. The molecule has 1 aromatic heterocycles. The second-order valence-electron chi connectivity index (χ2n) is 6.42. The highest BCUT2D eigenvalue weighted by Crippen LogP contribution is 2.37. The Morgan fingerprint density at radius 1 is 0.833 bits per heavy atom. The monoisotopic (exact) mass is 325 g/mol. The largest absolute Gasteiger partial charge is 0.422 e. The van der Waals surface area contributed by atoms with Crippen molar-refractivity contribution in [3.05, 3.63) is 60.0 Å². The molecule has 5 nitrogen and oxygen atoms in total. The van der Waals surface area contributed by atoms with Gasteiger partial charge in [0.25, 0.3) is 5.69 Å². The summed E-state index contributed by atoms with van der Waals surface area (Å²) in [6.45, 7) is 11.5. The van der Waals surface area contributed by atoms with Gasteiger partial charge in [0.1, 0.15) is 5.58 Å². The average Bonchev–Trinajstić information content (AvgIpc) is 2.53. The van der Waals surface area contributed by atoms with Gasteiger partial charge in [0.15, 0.2) is 0 Å². The van der Waals surface area contributed by atoms with Crippen molar-refractivity contribution in [3.63, 3.8) is 0 Å². The Bertz CT molecular complexity index is 1110. The van der Waals surface area contributed by atoms with Crippen molar-refractivity contribution in [2.24, 2.45) is 0 Å². The normalized spacial score (nSPS) is 11.4. The number of nitro groups is 1. The summed E-state index contributed by atoms with van der Waals surface area (Å²) in [6.07, 6.45) is 0. The van der Waals surface area contributed by atoms with E-state index in [9.17, 15) is 14.9 Å². The Hall–Kier alpha value is -2.69. The molecule has 5 heteroatoms. The van der Waals surface area contributed by atoms with Gasteiger partial charge in [0.2, 0.25) is 0 Å². The second-order valence-corrected chi connectivity index (χ2v) is 6.42. The van der Waals surface area contributed by atoms with Crippen molar-refractivity contribution >= 4 is 27.4 Å². The number of benzene rings is 2. The first-order valence-electron chi connectivity index (χ1n) is 7.78. The summed E-state index contributed by atoms with van der Waals surface area (Å²) < 4.78 is 5.57. The Morgan fingerprint density at radius 3 is 1.96 bits per heavy atom. The molecule has 0 bridgehead atoms. The number of aryl methyl sites for hydroxylation is 3. The van der Waals surface area contributed by atoms with E-state index in [1.807, 2.05) is 34.6 Å². The van der Waals surface area contributed by atoms with Crippen LogP contribution < -0.4 is 5.63 Å². The molecule has 0 aliphatic carbocycles. The van der Waals surface area contributed by atoms with Gasteiger partial charge in [-0.1, -0.05) is 0 Å². The summed E-state index contributed by atoms with van der Waals surface area (Å²) in [7, 11) is 0. The Labute approximate surface area is 139 Å². The van der Waals surface area contributed by atoms with Gasteiger partial charge in [-0.25, -0.2) is 4.79 Å². The van der Waals surface area contributed by atoms with E-state index in [2.05, 4.69) is 0 Å². The minimum absolute atomic E-state index is 0.0511. The van der Waals surface area contributed by atoms with Gasteiger partial charge in [0, 0.05) is 22.4 Å². The summed E-state index contributed by atoms with van der Waals surface area (Å²) in [4.78, 5) is 23.3. The molecule has 1 heterocycles. The van der Waals surface area contributed by atoms with Crippen LogP contribution in [0.4, 0.5) is 5.69 Å². The number of nitrogens with zero attached hydrogens (tertiary/aromatic N) is 1. The Kier molecular flexibility index (Phi) is 3.48. The lowest BCUT2D eigenvalue weighted by molar-refractivity contribution is -0.385. The minimum Gasteiger partial charge on any atom is -0.422 e. The van der Waals surface area contributed by atoms with Crippen LogP contribution in [0.5, 0.6) is 0 Å². The maximum Gasteiger partial charge on any atom is 0.344 e. The zero-order valence-corrected chi connectivity index (χ0v) is 14.7. The van der Waals surface area contributed by atoms with Crippen LogP contribution in [0.1, 0.15) is 33.4 Å². The number of hydrogen-bond donors (Lipinski definition) is 0. The predicted octanol–water partition coefficient (Wildman–Crippen LogP) is 4.70. The standard InChI is InChI=1S/C19H19NO4/c1-8-9(2)13(6)18-17(11(8)4)16-12(5)10(3)15(20(22)23)7-14(16)19(21)24-18/h7H,1-6H3. The molecule has 3 aromatic rings. The number of nitro benzene ring substituents is 1. The third-order valence-electron chi connectivity index (χ3n) is 5.36. The van der Waals surface area contributed by atoms with Crippen molar-refractivity contribution in [1.29, 1.82) is 0 Å². The molecule has 0 aliphatic rings. The smallest absolute Gasteiger partial charge is 0.344 e. The highest BCUT2D eigenvalue weighted by molar-refractivity contribution is 6.10. The van der Waals surface area contributed by atoms with Crippen LogP contribution in [-0.2, 0) is 0 Å². The van der Waals surface area contributed by atoms with E-state index in [-0.39, 0.29) is 11.1 Å². The minimum atomic E-state index is -0.533. The lowest BCUT2D eigenvalue weighted by Gasteiger charge is -2.16. The van der Waals surface area contributed by atoms with Gasteiger partial charge in [-0.15, -0.1) is 0 Å². The van der Waals surface area contributed by atoms with E-state index in [4.69, 9.17) is 4.42 Å². The summed E-state index contributed by atoms with van der Waals surface area (Å²) in [5, 5.41) is 13.2. The van der Waals surface area contributed by atoms with Crippen LogP contribution in [0, 0.1) is 51.7 Å². The van der Waals surface area contributed by atoms with Gasteiger partial charge in [-0.2, -0.15) is 0 Å². The van der Waals surface area contributed by atoms with Gasteiger partial charge in [0.05, 0.1) is 10.3 Å². The van der Waals surface area contributed by atoms with E-state index in [1.54, 1.807) is 6.92 Å². The van der Waals surface area contributed by atoms with Crippen LogP contribution in [0.25, 0.3) is 21.7 Å². The van der Waals surface area contributed by atoms with Gasteiger partial charge >= 0.3 is 5.63 Å². The molecule has 124 valence electrons. The SMILES string of the molecule is Cc1c(C)c(C)c2c(oc(=O)c3cc([N+](=O)[O-])c(C)c(C)c32)c1C. The molecule has 2 aromatic carbocycles. The van der Waals surface area contributed by atoms with E-state index in [1.165, 1.54) is 6.07 Å². The topological polar surface area (TPSA) is 73.3 Å². The van der Waals surface area contributed by atoms with Crippen molar-refractivity contribution in [3.8, 4) is 0 Å². The first kappa shape index (κ1) is 16.2. The van der Waals surface area contributed by atoms with Crippen LogP contribution in [0.2, 0.25) is 0 Å². The van der Waals surface area contributed by atoms with Crippen LogP contribution in [0.3, 0.4) is 0 Å². The maximum absolute atomic E-state index is 12.5. The fraction of sp³-hybridized carbons (Fsp3) is 0.316. The highest BCUT2D eigenvalue weighted by atomic mass is 16.6. The molecule has 0 N–H and O–H groups in total. The van der Waals surface area contributed by atoms with Crippen molar-refractivity contribution < 1.29 is 9.34 Å². The zero-order valence-electron chi connectivity index (χ0n) is 14.7. The highest BCUT2D eigenvalue weighted by Gasteiger charge is 2.22. The third-order valence-corrected chi connectivity index (χ3v) is 5.36.